The zero-order valence-electron chi connectivity index (χ0n) is 22.5. The number of alkyl halides is 1. The Balaban J connectivity index is 0.000000169. The summed E-state index contributed by atoms with van der Waals surface area (Å²) >= 11 is 6.12. The third-order valence-corrected chi connectivity index (χ3v) is 6.39. The summed E-state index contributed by atoms with van der Waals surface area (Å²) in [7, 11) is 0. The summed E-state index contributed by atoms with van der Waals surface area (Å²) in [5.74, 6) is 11.7. The lowest BCUT2D eigenvalue weighted by Crippen LogP contribution is -1.97. The first-order valence-corrected chi connectivity index (χ1v) is 13.6. The molecule has 208 valence electrons. The van der Waals surface area contributed by atoms with Crippen molar-refractivity contribution in [3.8, 4) is 23.7 Å². The van der Waals surface area contributed by atoms with Gasteiger partial charge in [0.05, 0.1) is 40.2 Å². The van der Waals surface area contributed by atoms with Gasteiger partial charge in [-0.2, -0.15) is 10.2 Å². The van der Waals surface area contributed by atoms with Crippen molar-refractivity contribution >= 4 is 33.4 Å². The van der Waals surface area contributed by atoms with E-state index >= 15 is 0 Å². The predicted octanol–water partition coefficient (Wildman–Crippen LogP) is 7.01. The summed E-state index contributed by atoms with van der Waals surface area (Å²) in [6.07, 6.45) is 6.65. The highest BCUT2D eigenvalue weighted by Gasteiger charge is 2.05. The fourth-order valence-electron chi connectivity index (χ4n) is 4.05. The van der Waals surface area contributed by atoms with E-state index in [9.17, 15) is 8.78 Å². The summed E-state index contributed by atoms with van der Waals surface area (Å²) in [5.41, 5.74) is 3.26. The Morgan fingerprint density at radius 1 is 0.714 bits per heavy atom. The van der Waals surface area contributed by atoms with Gasteiger partial charge in [0.15, 0.2) is 0 Å². The molecule has 4 heterocycles. The molecule has 0 saturated heterocycles. The lowest BCUT2D eigenvalue weighted by molar-refractivity contribution is 0.476. The second kappa shape index (κ2) is 14.0. The minimum Gasteiger partial charge on any atom is -0.271 e. The largest absolute Gasteiger partial charge is 0.271 e. The molecule has 0 amide bonds. The lowest BCUT2D eigenvalue weighted by atomic mass is 10.2. The number of hydrogen-bond donors (Lipinski definition) is 0. The number of rotatable bonds is 5. The Labute approximate surface area is 247 Å². The molecular formula is C33H25ClF2N6. The van der Waals surface area contributed by atoms with Crippen LogP contribution in [0.25, 0.3) is 21.8 Å². The van der Waals surface area contributed by atoms with Crippen LogP contribution >= 0.6 is 11.6 Å². The molecule has 0 aliphatic carbocycles. The van der Waals surface area contributed by atoms with Gasteiger partial charge in [0.2, 0.25) is 0 Å². The molecule has 9 heteroatoms. The second-order valence-corrected chi connectivity index (χ2v) is 9.50. The molecule has 0 aliphatic rings. The van der Waals surface area contributed by atoms with E-state index in [2.05, 4.69) is 43.8 Å². The molecule has 0 atom stereocenters. The van der Waals surface area contributed by atoms with Crippen LogP contribution in [0.2, 0.25) is 5.02 Å². The average Bonchev–Trinajstić information content (AvgIpc) is 3.64. The van der Waals surface area contributed by atoms with Crippen molar-refractivity contribution in [2.75, 3.05) is 0 Å². The van der Waals surface area contributed by atoms with Gasteiger partial charge in [0, 0.05) is 36.8 Å². The SMILES string of the molecule is Clc1cccc2nn(CCC#Cc3ccccn3)cc12.FCc1cccc(C#CCCn2cc3c(F)cccc3n2)n1. The van der Waals surface area contributed by atoms with Gasteiger partial charge >= 0.3 is 0 Å². The predicted molar refractivity (Wildman–Crippen MR) is 161 cm³/mol. The number of benzene rings is 2. The quantitative estimate of drug-likeness (QED) is 0.207. The number of aromatic nitrogens is 6. The van der Waals surface area contributed by atoms with Crippen LogP contribution in [-0.2, 0) is 19.8 Å². The Morgan fingerprint density at radius 2 is 1.36 bits per heavy atom. The Morgan fingerprint density at radius 3 is 2.02 bits per heavy atom. The molecule has 0 fully saturated rings. The van der Waals surface area contributed by atoms with Crippen molar-refractivity contribution in [1.29, 1.82) is 0 Å². The zero-order chi connectivity index (χ0) is 29.1. The van der Waals surface area contributed by atoms with Gasteiger partial charge < -0.3 is 0 Å². The lowest BCUT2D eigenvalue weighted by Gasteiger charge is -1.95. The Bertz CT molecular complexity index is 1930. The standard InChI is InChI=1S/C17H13F2N3.C16H12ClN3/c18-11-14-7-3-6-13(20-14)5-1-2-10-22-12-15-16(19)8-4-9-17(15)21-22;17-15-8-5-9-16-14(15)12-20(19-16)11-4-2-7-13-6-1-3-10-18-13/h3-4,6-9,12H,2,10-11H2;1,3,5-6,8-10,12H,4,11H2. The number of pyridine rings is 2. The van der Waals surface area contributed by atoms with Gasteiger partial charge in [-0.05, 0) is 60.4 Å². The van der Waals surface area contributed by atoms with Gasteiger partial charge in [-0.3, -0.25) is 9.36 Å². The maximum absolute atomic E-state index is 13.6. The van der Waals surface area contributed by atoms with Crippen LogP contribution in [0.4, 0.5) is 8.78 Å². The molecule has 4 aromatic heterocycles. The molecule has 0 unspecified atom stereocenters. The molecule has 6 rings (SSSR count). The van der Waals surface area contributed by atoms with E-state index in [4.69, 9.17) is 11.6 Å². The third-order valence-electron chi connectivity index (χ3n) is 6.06. The number of halogens is 3. The molecule has 0 bridgehead atoms. The minimum absolute atomic E-state index is 0.276. The van der Waals surface area contributed by atoms with Crippen LogP contribution in [0.3, 0.4) is 0 Å². The van der Waals surface area contributed by atoms with Crippen molar-refractivity contribution in [3.63, 3.8) is 0 Å². The van der Waals surface area contributed by atoms with Gasteiger partial charge in [-0.15, -0.1) is 0 Å². The highest BCUT2D eigenvalue weighted by molar-refractivity contribution is 6.35. The van der Waals surface area contributed by atoms with Crippen LogP contribution in [0, 0.1) is 29.5 Å². The number of nitrogens with zero attached hydrogens (tertiary/aromatic N) is 6. The molecule has 0 radical (unpaired) electrons. The van der Waals surface area contributed by atoms with Crippen molar-refractivity contribution in [3.05, 3.63) is 119 Å². The summed E-state index contributed by atoms with van der Waals surface area (Å²) < 4.78 is 29.6. The van der Waals surface area contributed by atoms with Gasteiger partial charge in [-0.25, -0.2) is 18.7 Å². The van der Waals surface area contributed by atoms with E-state index in [0.717, 1.165) is 34.6 Å². The molecule has 2 aromatic carbocycles. The molecule has 0 saturated carbocycles. The maximum Gasteiger partial charge on any atom is 0.134 e. The first-order chi connectivity index (χ1) is 20.6. The fraction of sp³-hybridized carbons (Fsp3) is 0.152. The molecule has 0 spiro atoms. The first kappa shape index (κ1) is 28.5. The van der Waals surface area contributed by atoms with E-state index < -0.39 is 6.67 Å². The van der Waals surface area contributed by atoms with Crippen molar-refractivity contribution < 1.29 is 8.78 Å². The van der Waals surface area contributed by atoms with E-state index in [1.165, 1.54) is 6.07 Å². The smallest absolute Gasteiger partial charge is 0.134 e. The van der Waals surface area contributed by atoms with Gasteiger partial charge in [0.1, 0.15) is 23.9 Å². The normalized spacial score (nSPS) is 10.4. The second-order valence-electron chi connectivity index (χ2n) is 9.10. The zero-order valence-corrected chi connectivity index (χ0v) is 23.3. The molecule has 0 aliphatic heterocycles. The van der Waals surface area contributed by atoms with Crippen LogP contribution in [-0.4, -0.2) is 29.5 Å². The molecule has 6 nitrogen and oxygen atoms in total. The minimum atomic E-state index is -0.596. The fourth-order valence-corrected chi connectivity index (χ4v) is 4.27. The summed E-state index contributed by atoms with van der Waals surface area (Å²) in [5, 5.41) is 11.0. The third kappa shape index (κ3) is 7.57. The van der Waals surface area contributed by atoms with Crippen molar-refractivity contribution in [1.82, 2.24) is 29.5 Å². The average molecular weight is 579 g/mol. The highest BCUT2D eigenvalue weighted by Crippen LogP contribution is 2.22. The number of aryl methyl sites for hydroxylation is 2. The summed E-state index contributed by atoms with van der Waals surface area (Å²) in [6, 6.07) is 21.4. The van der Waals surface area contributed by atoms with Gasteiger partial charge in [0.25, 0.3) is 0 Å². The van der Waals surface area contributed by atoms with E-state index in [0.29, 0.717) is 35.3 Å². The van der Waals surface area contributed by atoms with Crippen molar-refractivity contribution in [2.45, 2.75) is 32.6 Å². The summed E-state index contributed by atoms with van der Waals surface area (Å²) in [4.78, 5) is 8.22. The summed E-state index contributed by atoms with van der Waals surface area (Å²) in [6.45, 7) is 0.704. The molecule has 42 heavy (non-hydrogen) atoms. The molecular weight excluding hydrogens is 554 g/mol. The van der Waals surface area contributed by atoms with Crippen LogP contribution in [0.1, 0.15) is 29.9 Å². The Hall–Kier alpha value is -5.05. The first-order valence-electron chi connectivity index (χ1n) is 13.2. The maximum atomic E-state index is 13.6. The van der Waals surface area contributed by atoms with Crippen LogP contribution in [0.15, 0.2) is 91.4 Å². The van der Waals surface area contributed by atoms with Crippen LogP contribution in [0.5, 0.6) is 0 Å². The van der Waals surface area contributed by atoms with E-state index in [-0.39, 0.29) is 5.82 Å². The van der Waals surface area contributed by atoms with E-state index in [1.54, 1.807) is 47.4 Å². The number of hydrogen-bond acceptors (Lipinski definition) is 4. The monoisotopic (exact) mass is 578 g/mol. The van der Waals surface area contributed by atoms with Crippen molar-refractivity contribution in [2.24, 2.45) is 0 Å². The highest BCUT2D eigenvalue weighted by atomic mass is 35.5. The topological polar surface area (TPSA) is 61.4 Å². The van der Waals surface area contributed by atoms with Crippen LogP contribution < -0.4 is 0 Å². The van der Waals surface area contributed by atoms with E-state index in [1.807, 2.05) is 47.3 Å². The Kier molecular flexibility index (Phi) is 9.51. The molecule has 0 N–H and O–H groups in total. The number of fused-ring (bicyclic) bond motifs is 2. The molecule has 6 aromatic rings. The van der Waals surface area contributed by atoms with Gasteiger partial charge in [-0.1, -0.05) is 47.7 Å².